The zero-order valence-electron chi connectivity index (χ0n) is 13.8. The van der Waals surface area contributed by atoms with E-state index in [4.69, 9.17) is 4.74 Å². The van der Waals surface area contributed by atoms with Gasteiger partial charge in [0.2, 0.25) is 0 Å². The van der Waals surface area contributed by atoms with Crippen LogP contribution in [-0.2, 0) is 11.2 Å². The van der Waals surface area contributed by atoms with Crippen molar-refractivity contribution in [3.8, 4) is 6.07 Å². The first-order valence-corrected chi connectivity index (χ1v) is 7.85. The summed E-state index contributed by atoms with van der Waals surface area (Å²) in [6.45, 7) is 6.86. The van der Waals surface area contributed by atoms with Crippen molar-refractivity contribution in [1.29, 1.82) is 5.26 Å². The van der Waals surface area contributed by atoms with Crippen LogP contribution in [0.15, 0.2) is 30.3 Å². The monoisotopic (exact) mass is 310 g/mol. The van der Waals surface area contributed by atoms with Crippen molar-refractivity contribution in [3.63, 3.8) is 0 Å². The van der Waals surface area contributed by atoms with E-state index in [0.29, 0.717) is 31.1 Å². The molecule has 0 bridgehead atoms. The number of carbonyl (C=O) groups excluding carboxylic acids is 1. The lowest BCUT2D eigenvalue weighted by Gasteiger charge is -2.13. The Balaban J connectivity index is 2.09. The van der Waals surface area contributed by atoms with E-state index in [9.17, 15) is 10.1 Å². The minimum atomic E-state index is -0.407. The Kier molecular flexibility index (Phi) is 5.59. The van der Waals surface area contributed by atoms with Crippen LogP contribution >= 0.6 is 0 Å². The number of fused-ring (bicyclic) bond motifs is 1. The second-order valence-electron chi connectivity index (χ2n) is 6.03. The molecule has 0 fully saturated rings. The van der Waals surface area contributed by atoms with Crippen LogP contribution < -0.4 is 5.32 Å². The molecule has 4 nitrogen and oxygen atoms in total. The molecule has 0 aromatic heterocycles. The number of nitriles is 1. The topological polar surface area (TPSA) is 62.1 Å². The summed E-state index contributed by atoms with van der Waals surface area (Å²) in [5.74, 6) is 0.314. The van der Waals surface area contributed by atoms with Gasteiger partial charge in [-0.1, -0.05) is 38.1 Å². The van der Waals surface area contributed by atoms with Gasteiger partial charge in [0, 0.05) is 6.54 Å². The molecule has 2 aromatic carbocycles. The largest absolute Gasteiger partial charge is 0.449 e. The summed E-state index contributed by atoms with van der Waals surface area (Å²) >= 11 is 0. The van der Waals surface area contributed by atoms with Gasteiger partial charge >= 0.3 is 6.09 Å². The van der Waals surface area contributed by atoms with Crippen LogP contribution in [0.4, 0.5) is 4.79 Å². The standard InChI is InChI=1S/C19H22N2O2/c1-13(2)12-23-19(22)21-9-8-18-14(3)17-7-5-4-6-15(17)10-16(18)11-20/h4-7,10,13H,8-9,12H2,1-3H3,(H,21,22). The molecule has 0 saturated heterocycles. The highest BCUT2D eigenvalue weighted by Gasteiger charge is 2.11. The number of carbonyl (C=O) groups is 1. The maximum atomic E-state index is 11.6. The molecule has 2 rings (SSSR count). The van der Waals surface area contributed by atoms with E-state index in [2.05, 4.69) is 17.5 Å². The molecule has 23 heavy (non-hydrogen) atoms. The highest BCUT2D eigenvalue weighted by Crippen LogP contribution is 2.25. The predicted molar refractivity (Wildman–Crippen MR) is 91.3 cm³/mol. The van der Waals surface area contributed by atoms with Crippen LogP contribution in [-0.4, -0.2) is 19.2 Å². The van der Waals surface area contributed by atoms with Gasteiger partial charge in [0.05, 0.1) is 18.2 Å². The van der Waals surface area contributed by atoms with E-state index < -0.39 is 6.09 Å². The van der Waals surface area contributed by atoms with E-state index in [1.807, 2.05) is 45.0 Å². The van der Waals surface area contributed by atoms with E-state index in [1.54, 1.807) is 0 Å². The molecule has 0 saturated carbocycles. The highest BCUT2D eigenvalue weighted by molar-refractivity contribution is 5.88. The van der Waals surface area contributed by atoms with Crippen LogP contribution in [0.1, 0.15) is 30.5 Å². The van der Waals surface area contributed by atoms with Crippen molar-refractivity contribution < 1.29 is 9.53 Å². The fourth-order valence-corrected chi connectivity index (χ4v) is 2.58. The van der Waals surface area contributed by atoms with Crippen molar-refractivity contribution in [2.75, 3.05) is 13.2 Å². The lowest BCUT2D eigenvalue weighted by molar-refractivity contribution is 0.133. The Morgan fingerprint density at radius 2 is 2.09 bits per heavy atom. The van der Waals surface area contributed by atoms with Crippen LogP contribution in [0.3, 0.4) is 0 Å². The minimum absolute atomic E-state index is 0.314. The maximum absolute atomic E-state index is 11.6. The fourth-order valence-electron chi connectivity index (χ4n) is 2.58. The molecule has 0 radical (unpaired) electrons. The SMILES string of the molecule is Cc1c(CCNC(=O)OCC(C)C)c(C#N)cc2ccccc12. The van der Waals surface area contributed by atoms with E-state index >= 15 is 0 Å². The highest BCUT2D eigenvalue weighted by atomic mass is 16.5. The molecule has 4 heteroatoms. The number of benzene rings is 2. The average molecular weight is 310 g/mol. The maximum Gasteiger partial charge on any atom is 0.407 e. The summed E-state index contributed by atoms with van der Waals surface area (Å²) in [5, 5.41) is 14.3. The summed E-state index contributed by atoms with van der Waals surface area (Å²) < 4.78 is 5.08. The van der Waals surface area contributed by atoms with Crippen molar-refractivity contribution in [1.82, 2.24) is 5.32 Å². The summed E-state index contributed by atoms with van der Waals surface area (Å²) in [4.78, 5) is 11.6. The Bertz CT molecular complexity index is 745. The zero-order chi connectivity index (χ0) is 16.8. The van der Waals surface area contributed by atoms with Gasteiger partial charge in [-0.3, -0.25) is 0 Å². The third-order valence-corrected chi connectivity index (χ3v) is 3.75. The van der Waals surface area contributed by atoms with Crippen LogP contribution in [0, 0.1) is 24.2 Å². The first kappa shape index (κ1) is 16.8. The van der Waals surface area contributed by atoms with Gasteiger partial charge in [-0.25, -0.2) is 4.79 Å². The van der Waals surface area contributed by atoms with Gasteiger partial charge in [0.1, 0.15) is 0 Å². The first-order valence-electron chi connectivity index (χ1n) is 7.85. The predicted octanol–water partition coefficient (Wildman–Crippen LogP) is 3.94. The van der Waals surface area contributed by atoms with Gasteiger partial charge in [-0.2, -0.15) is 5.26 Å². The molecule has 120 valence electrons. The van der Waals surface area contributed by atoms with Crippen LogP contribution in [0.2, 0.25) is 0 Å². The molecule has 0 aliphatic heterocycles. The van der Waals surface area contributed by atoms with Crippen molar-refractivity contribution in [3.05, 3.63) is 47.0 Å². The Morgan fingerprint density at radius 3 is 2.78 bits per heavy atom. The molecular weight excluding hydrogens is 288 g/mol. The molecule has 0 spiro atoms. The lowest BCUT2D eigenvalue weighted by Crippen LogP contribution is -2.28. The third kappa shape index (κ3) is 4.23. The number of aryl methyl sites for hydroxylation is 1. The smallest absolute Gasteiger partial charge is 0.407 e. The number of hydrogen-bond acceptors (Lipinski definition) is 3. The number of rotatable bonds is 5. The van der Waals surface area contributed by atoms with Crippen LogP contribution in [0.25, 0.3) is 10.8 Å². The Morgan fingerprint density at radius 1 is 1.35 bits per heavy atom. The Hall–Kier alpha value is -2.54. The molecule has 0 atom stereocenters. The number of nitrogens with zero attached hydrogens (tertiary/aromatic N) is 1. The third-order valence-electron chi connectivity index (χ3n) is 3.75. The quantitative estimate of drug-likeness (QED) is 0.909. The van der Waals surface area contributed by atoms with Crippen molar-refractivity contribution >= 4 is 16.9 Å². The molecule has 1 N–H and O–H groups in total. The van der Waals surface area contributed by atoms with Crippen LogP contribution in [0.5, 0.6) is 0 Å². The molecule has 0 aliphatic carbocycles. The van der Waals surface area contributed by atoms with Gasteiger partial charge in [0.15, 0.2) is 0 Å². The number of amides is 1. The van der Waals surface area contributed by atoms with E-state index in [0.717, 1.165) is 21.9 Å². The average Bonchev–Trinajstić information content (AvgIpc) is 2.54. The van der Waals surface area contributed by atoms with Gasteiger partial charge < -0.3 is 10.1 Å². The zero-order valence-corrected chi connectivity index (χ0v) is 13.8. The first-order chi connectivity index (χ1) is 11.0. The molecule has 2 aromatic rings. The molecule has 0 heterocycles. The summed E-state index contributed by atoms with van der Waals surface area (Å²) in [7, 11) is 0. The van der Waals surface area contributed by atoms with Crippen molar-refractivity contribution in [2.45, 2.75) is 27.2 Å². The number of hydrogen-bond donors (Lipinski definition) is 1. The van der Waals surface area contributed by atoms with Crippen molar-refractivity contribution in [2.24, 2.45) is 5.92 Å². The summed E-state index contributed by atoms with van der Waals surface area (Å²) in [5.41, 5.74) is 2.74. The summed E-state index contributed by atoms with van der Waals surface area (Å²) in [6, 6.07) is 12.2. The molecule has 1 amide bonds. The number of ether oxygens (including phenoxy) is 1. The normalized spacial score (nSPS) is 10.6. The van der Waals surface area contributed by atoms with E-state index in [1.165, 1.54) is 0 Å². The van der Waals surface area contributed by atoms with Gasteiger partial charge in [0.25, 0.3) is 0 Å². The van der Waals surface area contributed by atoms with E-state index in [-0.39, 0.29) is 0 Å². The molecule has 0 unspecified atom stereocenters. The van der Waals surface area contributed by atoms with Gasteiger partial charge in [-0.05, 0) is 47.2 Å². The second-order valence-corrected chi connectivity index (χ2v) is 6.03. The fraction of sp³-hybridized carbons (Fsp3) is 0.368. The minimum Gasteiger partial charge on any atom is -0.449 e. The van der Waals surface area contributed by atoms with Gasteiger partial charge in [-0.15, -0.1) is 0 Å². The number of alkyl carbamates (subject to hydrolysis) is 1. The molecular formula is C19H22N2O2. The second kappa shape index (κ2) is 7.64. The molecule has 0 aliphatic rings. The Labute approximate surface area is 137 Å². The lowest BCUT2D eigenvalue weighted by atomic mass is 9.93. The number of nitrogens with one attached hydrogen (secondary N) is 1. The summed E-state index contributed by atoms with van der Waals surface area (Å²) in [6.07, 6.45) is 0.201.